The number of anilines is 1. The Morgan fingerprint density at radius 3 is 2.66 bits per heavy atom. The number of rotatable bonds is 6. The zero-order valence-electron chi connectivity index (χ0n) is 15.4. The molecule has 0 atom stereocenters. The molecular weight excluding hydrogens is 421 g/mol. The molecule has 10 heteroatoms. The van der Waals surface area contributed by atoms with Crippen molar-refractivity contribution >= 4 is 51.4 Å². The van der Waals surface area contributed by atoms with E-state index in [1.165, 1.54) is 31.4 Å². The molecule has 0 unspecified atom stereocenters. The second kappa shape index (κ2) is 8.50. The first-order valence-corrected chi connectivity index (χ1v) is 9.06. The summed E-state index contributed by atoms with van der Waals surface area (Å²) in [5.41, 5.74) is 1.12. The zero-order chi connectivity index (χ0) is 21.1. The molecule has 0 fully saturated rings. The molecule has 0 aliphatic rings. The van der Waals surface area contributed by atoms with Crippen molar-refractivity contribution in [3.05, 3.63) is 62.3 Å². The number of nitrogens with zero attached hydrogens (tertiary/aromatic N) is 2. The first-order valence-electron chi connectivity index (χ1n) is 8.30. The first kappa shape index (κ1) is 20.6. The molecule has 1 heterocycles. The minimum Gasteiger partial charge on any atom is -0.495 e. The van der Waals surface area contributed by atoms with Gasteiger partial charge in [-0.25, -0.2) is 4.98 Å². The number of hydrogen-bond donors (Lipinski definition) is 1. The lowest BCUT2D eigenvalue weighted by molar-refractivity contribution is -0.384. The van der Waals surface area contributed by atoms with Crippen LogP contribution in [0.2, 0.25) is 10.0 Å². The Bertz CT molecular complexity index is 1120. The van der Waals surface area contributed by atoms with Crippen LogP contribution < -0.4 is 14.8 Å². The predicted molar refractivity (Wildman–Crippen MR) is 110 cm³/mol. The number of pyridine rings is 1. The van der Waals surface area contributed by atoms with E-state index in [1.54, 1.807) is 19.1 Å². The normalized spacial score (nSPS) is 10.6. The maximum absolute atomic E-state index is 12.4. The number of non-ortho nitro benzene ring substituents is 1. The molecule has 8 nitrogen and oxygen atoms in total. The number of hydrogen-bond acceptors (Lipinski definition) is 6. The first-order chi connectivity index (χ1) is 13.8. The number of nitro groups is 1. The number of methoxy groups -OCH3 is 1. The summed E-state index contributed by atoms with van der Waals surface area (Å²) in [6.07, 6.45) is 0. The van der Waals surface area contributed by atoms with Crippen LogP contribution in [0.25, 0.3) is 10.9 Å². The summed E-state index contributed by atoms with van der Waals surface area (Å²) in [4.78, 5) is 27.2. The molecule has 29 heavy (non-hydrogen) atoms. The standard InChI is InChI=1S/C19H15Cl2N3O5/c1-10-3-5-12-13(20)8-14(21)19(18(12)22-10)29-9-17(25)23-15-7-11(24(26)27)4-6-16(15)28-2/h3-8H,9H2,1-2H3,(H,23,25). The van der Waals surface area contributed by atoms with Crippen molar-refractivity contribution in [3.63, 3.8) is 0 Å². The highest BCUT2D eigenvalue weighted by molar-refractivity contribution is 6.39. The predicted octanol–water partition coefficient (Wildman–Crippen LogP) is 4.78. The van der Waals surface area contributed by atoms with Crippen LogP contribution in [0.3, 0.4) is 0 Å². The lowest BCUT2D eigenvalue weighted by Gasteiger charge is -2.13. The van der Waals surface area contributed by atoms with E-state index >= 15 is 0 Å². The van der Waals surface area contributed by atoms with Crippen LogP contribution in [0.15, 0.2) is 36.4 Å². The monoisotopic (exact) mass is 435 g/mol. The third kappa shape index (κ3) is 4.49. The van der Waals surface area contributed by atoms with Crippen LogP contribution in [0, 0.1) is 17.0 Å². The molecule has 0 spiro atoms. The van der Waals surface area contributed by atoms with E-state index in [2.05, 4.69) is 10.3 Å². The average Bonchev–Trinajstić information content (AvgIpc) is 2.67. The van der Waals surface area contributed by atoms with E-state index in [0.29, 0.717) is 15.9 Å². The molecule has 3 rings (SSSR count). The fourth-order valence-corrected chi connectivity index (χ4v) is 3.23. The quantitative estimate of drug-likeness (QED) is 0.441. The lowest BCUT2D eigenvalue weighted by atomic mass is 10.2. The maximum Gasteiger partial charge on any atom is 0.271 e. The van der Waals surface area contributed by atoms with Gasteiger partial charge in [-0.05, 0) is 31.2 Å². The van der Waals surface area contributed by atoms with Gasteiger partial charge in [-0.3, -0.25) is 14.9 Å². The number of aromatic nitrogens is 1. The number of benzene rings is 2. The fourth-order valence-electron chi connectivity index (χ4n) is 2.66. The number of nitrogens with one attached hydrogen (secondary N) is 1. The summed E-state index contributed by atoms with van der Waals surface area (Å²) < 4.78 is 10.7. The van der Waals surface area contributed by atoms with Gasteiger partial charge in [0.2, 0.25) is 0 Å². The topological polar surface area (TPSA) is 104 Å². The van der Waals surface area contributed by atoms with E-state index in [4.69, 9.17) is 32.7 Å². The van der Waals surface area contributed by atoms with Gasteiger partial charge >= 0.3 is 0 Å². The highest BCUT2D eigenvalue weighted by Gasteiger charge is 2.17. The van der Waals surface area contributed by atoms with Crippen LogP contribution in [-0.2, 0) is 4.79 Å². The summed E-state index contributed by atoms with van der Waals surface area (Å²) in [6, 6.07) is 8.97. The van der Waals surface area contributed by atoms with Crippen molar-refractivity contribution in [2.75, 3.05) is 19.0 Å². The highest BCUT2D eigenvalue weighted by Crippen LogP contribution is 2.37. The molecule has 0 radical (unpaired) electrons. The number of amides is 1. The van der Waals surface area contributed by atoms with Crippen molar-refractivity contribution < 1.29 is 19.2 Å². The largest absolute Gasteiger partial charge is 0.495 e. The molecule has 0 saturated heterocycles. The van der Waals surface area contributed by atoms with Gasteiger partial charge in [-0.2, -0.15) is 0 Å². The van der Waals surface area contributed by atoms with E-state index in [1.807, 2.05) is 0 Å². The van der Waals surface area contributed by atoms with Crippen LogP contribution in [-0.4, -0.2) is 29.5 Å². The van der Waals surface area contributed by atoms with Gasteiger partial charge in [0.05, 0.1) is 27.8 Å². The smallest absolute Gasteiger partial charge is 0.271 e. The van der Waals surface area contributed by atoms with Crippen LogP contribution >= 0.6 is 23.2 Å². The molecule has 0 aliphatic heterocycles. The lowest BCUT2D eigenvalue weighted by Crippen LogP contribution is -2.21. The van der Waals surface area contributed by atoms with Crippen molar-refractivity contribution in [1.29, 1.82) is 0 Å². The van der Waals surface area contributed by atoms with Gasteiger partial charge in [0.15, 0.2) is 12.4 Å². The zero-order valence-corrected chi connectivity index (χ0v) is 16.9. The van der Waals surface area contributed by atoms with Crippen LogP contribution in [0.5, 0.6) is 11.5 Å². The summed E-state index contributed by atoms with van der Waals surface area (Å²) in [7, 11) is 1.39. The molecular formula is C19H15Cl2N3O5. The maximum atomic E-state index is 12.4. The minimum absolute atomic E-state index is 0.149. The van der Waals surface area contributed by atoms with Crippen LogP contribution in [0.4, 0.5) is 11.4 Å². The van der Waals surface area contributed by atoms with Gasteiger partial charge in [0, 0.05) is 23.2 Å². The Hall–Kier alpha value is -3.10. The van der Waals surface area contributed by atoms with Gasteiger partial charge in [-0.1, -0.05) is 23.2 Å². The number of carbonyl (C=O) groups is 1. The Labute approximate surface area is 175 Å². The number of nitro benzene ring substituents is 1. The SMILES string of the molecule is COc1ccc([N+](=O)[O-])cc1NC(=O)COc1c(Cl)cc(Cl)c2ccc(C)nc12. The molecule has 1 N–H and O–H groups in total. The Balaban J connectivity index is 1.83. The second-order valence-electron chi connectivity index (χ2n) is 6.00. The third-order valence-corrected chi connectivity index (χ3v) is 4.59. The number of carbonyl (C=O) groups excluding carboxylic acids is 1. The van der Waals surface area contributed by atoms with E-state index in [9.17, 15) is 14.9 Å². The molecule has 1 amide bonds. The molecule has 0 saturated carbocycles. The van der Waals surface area contributed by atoms with E-state index in [0.717, 1.165) is 5.69 Å². The minimum atomic E-state index is -0.570. The summed E-state index contributed by atoms with van der Waals surface area (Å²) in [5, 5.41) is 14.8. The summed E-state index contributed by atoms with van der Waals surface area (Å²) >= 11 is 12.4. The average molecular weight is 436 g/mol. The van der Waals surface area contributed by atoms with Gasteiger partial charge in [0.25, 0.3) is 11.6 Å². The number of halogens is 2. The Morgan fingerprint density at radius 1 is 1.21 bits per heavy atom. The molecule has 1 aromatic heterocycles. The molecule has 150 valence electrons. The Kier molecular flexibility index (Phi) is 6.05. The van der Waals surface area contributed by atoms with Crippen LogP contribution in [0.1, 0.15) is 5.69 Å². The summed E-state index contributed by atoms with van der Waals surface area (Å²) in [5.74, 6) is -0.0669. The summed E-state index contributed by atoms with van der Waals surface area (Å²) in [6.45, 7) is 1.40. The van der Waals surface area contributed by atoms with Gasteiger partial charge in [-0.15, -0.1) is 0 Å². The Morgan fingerprint density at radius 2 is 1.97 bits per heavy atom. The van der Waals surface area contributed by atoms with Crippen molar-refractivity contribution in [3.8, 4) is 11.5 Å². The molecule has 2 aromatic carbocycles. The van der Waals surface area contributed by atoms with Crippen molar-refractivity contribution in [1.82, 2.24) is 4.98 Å². The molecule has 3 aromatic rings. The van der Waals surface area contributed by atoms with Gasteiger partial charge in [0.1, 0.15) is 11.3 Å². The third-order valence-electron chi connectivity index (χ3n) is 3.99. The van der Waals surface area contributed by atoms with Gasteiger partial charge < -0.3 is 14.8 Å². The molecule has 0 aliphatic carbocycles. The number of fused-ring (bicyclic) bond motifs is 1. The number of aryl methyl sites for hydroxylation is 1. The number of ether oxygens (including phenoxy) is 2. The second-order valence-corrected chi connectivity index (χ2v) is 6.81. The van der Waals surface area contributed by atoms with E-state index in [-0.39, 0.29) is 27.9 Å². The van der Waals surface area contributed by atoms with Crippen molar-refractivity contribution in [2.45, 2.75) is 6.92 Å². The molecule has 0 bridgehead atoms. The highest BCUT2D eigenvalue weighted by atomic mass is 35.5. The van der Waals surface area contributed by atoms with Crippen molar-refractivity contribution in [2.24, 2.45) is 0 Å². The fraction of sp³-hybridized carbons (Fsp3) is 0.158. The van der Waals surface area contributed by atoms with E-state index < -0.39 is 17.4 Å².